The molecule has 2 rings (SSSR count). The predicted octanol–water partition coefficient (Wildman–Crippen LogP) is 0.788. The number of carbonyl (C=O) groups is 2. The first kappa shape index (κ1) is 16.9. The zero-order chi connectivity index (χ0) is 17.0. The molecule has 0 fully saturated rings. The average Bonchev–Trinajstić information content (AvgIpc) is 2.95. The quantitative estimate of drug-likeness (QED) is 0.613. The van der Waals surface area contributed by atoms with Gasteiger partial charge in [-0.15, -0.1) is 5.10 Å². The number of hydrogen-bond acceptors (Lipinski definition) is 7. The number of benzene rings is 1. The number of aryl methyl sites for hydroxylation is 2. The van der Waals surface area contributed by atoms with Crippen LogP contribution in [-0.2, 0) is 14.3 Å². The highest BCUT2D eigenvalue weighted by atomic mass is 32.2. The Morgan fingerprint density at radius 1 is 1.39 bits per heavy atom. The Hall–Kier alpha value is -2.42. The molecule has 1 amide bonds. The molecule has 1 aromatic carbocycles. The van der Waals surface area contributed by atoms with Crippen LogP contribution in [0, 0.1) is 13.8 Å². The van der Waals surface area contributed by atoms with E-state index in [1.54, 1.807) is 4.68 Å². The lowest BCUT2D eigenvalue weighted by Gasteiger charge is -2.10. The fraction of sp³-hybridized carbons (Fsp3) is 0.357. The van der Waals surface area contributed by atoms with E-state index in [0.717, 1.165) is 28.6 Å². The highest BCUT2D eigenvalue weighted by Crippen LogP contribution is 2.21. The number of carbonyl (C=O) groups excluding carboxylic acids is 2. The van der Waals surface area contributed by atoms with Gasteiger partial charge in [-0.1, -0.05) is 23.9 Å². The van der Waals surface area contributed by atoms with Gasteiger partial charge in [-0.25, -0.2) is 0 Å². The molecule has 0 saturated heterocycles. The van der Waals surface area contributed by atoms with E-state index in [-0.39, 0.29) is 5.75 Å². The third kappa shape index (κ3) is 4.28. The van der Waals surface area contributed by atoms with Crippen molar-refractivity contribution >= 4 is 23.6 Å². The molecule has 0 radical (unpaired) electrons. The summed E-state index contributed by atoms with van der Waals surface area (Å²) in [5, 5.41) is 12.0. The van der Waals surface area contributed by atoms with Gasteiger partial charge in [0, 0.05) is 0 Å². The highest BCUT2D eigenvalue weighted by molar-refractivity contribution is 7.99. The molecule has 0 spiro atoms. The Balaban J connectivity index is 2.09. The van der Waals surface area contributed by atoms with Crippen LogP contribution in [0.5, 0.6) is 0 Å². The van der Waals surface area contributed by atoms with Crippen LogP contribution < -0.4 is 5.73 Å². The molecule has 8 nitrogen and oxygen atoms in total. The molecule has 0 unspecified atom stereocenters. The summed E-state index contributed by atoms with van der Waals surface area (Å²) in [6, 6.07) is 5.94. The summed E-state index contributed by atoms with van der Waals surface area (Å²) in [6.45, 7) is 5.35. The van der Waals surface area contributed by atoms with Crippen LogP contribution in [0.15, 0.2) is 23.4 Å². The van der Waals surface area contributed by atoms with E-state index < -0.39 is 18.0 Å². The molecule has 1 aromatic heterocycles. The van der Waals surface area contributed by atoms with Gasteiger partial charge in [-0.3, -0.25) is 9.59 Å². The second kappa shape index (κ2) is 7.23. The first-order valence-corrected chi connectivity index (χ1v) is 7.84. The summed E-state index contributed by atoms with van der Waals surface area (Å²) >= 11 is 1.13. The zero-order valence-electron chi connectivity index (χ0n) is 13.0. The first-order valence-electron chi connectivity index (χ1n) is 6.86. The molecule has 1 atom stereocenters. The second-order valence-corrected chi connectivity index (χ2v) is 5.93. The van der Waals surface area contributed by atoms with Crippen molar-refractivity contribution in [1.82, 2.24) is 20.2 Å². The van der Waals surface area contributed by atoms with Crippen LogP contribution in [0.4, 0.5) is 0 Å². The highest BCUT2D eigenvalue weighted by Gasteiger charge is 2.17. The number of tetrazole rings is 1. The molecular weight excluding hydrogens is 318 g/mol. The Bertz CT molecular complexity index is 731. The topological polar surface area (TPSA) is 113 Å². The summed E-state index contributed by atoms with van der Waals surface area (Å²) in [7, 11) is 0. The predicted molar refractivity (Wildman–Crippen MR) is 84.1 cm³/mol. The SMILES string of the molecule is Cc1ccc(C)c(-n2nnnc2SCC(=O)O[C@@H](C)C(N)=O)c1. The van der Waals surface area contributed by atoms with E-state index in [4.69, 9.17) is 10.5 Å². The number of esters is 1. The average molecular weight is 335 g/mol. The number of ether oxygens (including phenoxy) is 1. The molecule has 2 N–H and O–H groups in total. The van der Waals surface area contributed by atoms with Gasteiger partial charge in [0.2, 0.25) is 5.16 Å². The minimum atomic E-state index is -0.960. The van der Waals surface area contributed by atoms with Crippen molar-refractivity contribution < 1.29 is 14.3 Å². The zero-order valence-corrected chi connectivity index (χ0v) is 13.8. The summed E-state index contributed by atoms with van der Waals surface area (Å²) in [5.74, 6) is -1.27. The number of rotatable bonds is 6. The van der Waals surface area contributed by atoms with Gasteiger partial charge in [-0.2, -0.15) is 4.68 Å². The molecule has 0 aliphatic rings. The molecule has 0 aliphatic heterocycles. The number of primary amides is 1. The third-order valence-corrected chi connectivity index (χ3v) is 3.95. The van der Waals surface area contributed by atoms with Crippen molar-refractivity contribution in [3.8, 4) is 5.69 Å². The van der Waals surface area contributed by atoms with Crippen LogP contribution in [0.1, 0.15) is 18.1 Å². The molecule has 122 valence electrons. The summed E-state index contributed by atoms with van der Waals surface area (Å²) < 4.78 is 6.45. The van der Waals surface area contributed by atoms with Gasteiger partial charge in [-0.05, 0) is 48.4 Å². The Kier molecular flexibility index (Phi) is 5.32. The minimum Gasteiger partial charge on any atom is -0.452 e. The third-order valence-electron chi connectivity index (χ3n) is 3.06. The fourth-order valence-corrected chi connectivity index (χ4v) is 2.45. The maximum Gasteiger partial charge on any atom is 0.317 e. The molecule has 23 heavy (non-hydrogen) atoms. The standard InChI is InChI=1S/C14H17N5O3S/c1-8-4-5-9(2)11(6-8)19-14(16-17-18-19)23-7-12(20)22-10(3)13(15)21/h4-6,10H,7H2,1-3H3,(H2,15,21)/t10-/m0/s1. The molecule has 2 aromatic rings. The van der Waals surface area contributed by atoms with Crippen LogP contribution in [0.2, 0.25) is 0 Å². The maximum absolute atomic E-state index is 11.7. The summed E-state index contributed by atoms with van der Waals surface area (Å²) in [4.78, 5) is 22.6. The molecule has 0 saturated carbocycles. The maximum atomic E-state index is 11.7. The van der Waals surface area contributed by atoms with Gasteiger partial charge < -0.3 is 10.5 Å². The molecule has 0 aliphatic carbocycles. The summed E-state index contributed by atoms with van der Waals surface area (Å²) in [6.07, 6.45) is -0.960. The van der Waals surface area contributed by atoms with E-state index in [1.165, 1.54) is 6.92 Å². The number of nitrogens with zero attached hydrogens (tertiary/aromatic N) is 4. The lowest BCUT2D eigenvalue weighted by molar-refractivity contribution is -0.151. The second-order valence-electron chi connectivity index (χ2n) is 4.99. The monoisotopic (exact) mass is 335 g/mol. The number of aromatic nitrogens is 4. The van der Waals surface area contributed by atoms with Crippen molar-refractivity contribution in [2.45, 2.75) is 32.0 Å². The van der Waals surface area contributed by atoms with Gasteiger partial charge in [0.05, 0.1) is 11.4 Å². The smallest absolute Gasteiger partial charge is 0.317 e. The lowest BCUT2D eigenvalue weighted by Crippen LogP contribution is -2.31. The summed E-state index contributed by atoms with van der Waals surface area (Å²) in [5.41, 5.74) is 7.98. The van der Waals surface area contributed by atoms with Crippen molar-refractivity contribution in [3.05, 3.63) is 29.3 Å². The number of amides is 1. The van der Waals surface area contributed by atoms with Crippen LogP contribution in [0.25, 0.3) is 5.69 Å². The number of nitrogens with two attached hydrogens (primary N) is 1. The fourth-order valence-electron chi connectivity index (χ4n) is 1.78. The molecule has 0 bridgehead atoms. The Labute approximate surface area is 137 Å². The lowest BCUT2D eigenvalue weighted by atomic mass is 10.1. The van der Waals surface area contributed by atoms with Crippen molar-refractivity contribution in [2.24, 2.45) is 5.73 Å². The van der Waals surface area contributed by atoms with E-state index in [0.29, 0.717) is 5.16 Å². The van der Waals surface area contributed by atoms with E-state index >= 15 is 0 Å². The van der Waals surface area contributed by atoms with E-state index in [9.17, 15) is 9.59 Å². The van der Waals surface area contributed by atoms with Gasteiger partial charge in [0.15, 0.2) is 6.10 Å². The number of thioether (sulfide) groups is 1. The number of hydrogen-bond donors (Lipinski definition) is 1. The van der Waals surface area contributed by atoms with Crippen LogP contribution in [-0.4, -0.2) is 43.9 Å². The normalized spacial score (nSPS) is 12.0. The van der Waals surface area contributed by atoms with Gasteiger partial charge >= 0.3 is 5.97 Å². The van der Waals surface area contributed by atoms with E-state index in [1.807, 2.05) is 32.0 Å². The Morgan fingerprint density at radius 3 is 2.83 bits per heavy atom. The van der Waals surface area contributed by atoms with Gasteiger partial charge in [0.1, 0.15) is 0 Å². The van der Waals surface area contributed by atoms with Crippen molar-refractivity contribution in [2.75, 3.05) is 5.75 Å². The minimum absolute atomic E-state index is 0.0249. The Morgan fingerprint density at radius 2 is 2.13 bits per heavy atom. The largest absolute Gasteiger partial charge is 0.452 e. The molecule has 1 heterocycles. The molecular formula is C14H17N5O3S. The van der Waals surface area contributed by atoms with Crippen molar-refractivity contribution in [3.63, 3.8) is 0 Å². The van der Waals surface area contributed by atoms with Crippen LogP contribution in [0.3, 0.4) is 0 Å². The van der Waals surface area contributed by atoms with Crippen LogP contribution >= 0.6 is 11.8 Å². The molecule has 9 heteroatoms. The first-order chi connectivity index (χ1) is 10.9. The van der Waals surface area contributed by atoms with E-state index in [2.05, 4.69) is 15.5 Å². The van der Waals surface area contributed by atoms with Crippen molar-refractivity contribution in [1.29, 1.82) is 0 Å². The van der Waals surface area contributed by atoms with Gasteiger partial charge in [0.25, 0.3) is 5.91 Å².